The highest BCUT2D eigenvalue weighted by Gasteiger charge is 2.26. The minimum Gasteiger partial charge on any atom is -0.395 e. The molecule has 0 saturated carbocycles. The quantitative estimate of drug-likeness (QED) is 0.800. The second kappa shape index (κ2) is 6.35. The highest BCUT2D eigenvalue weighted by Crippen LogP contribution is 2.28. The summed E-state index contributed by atoms with van der Waals surface area (Å²) < 4.78 is 0. The molecule has 1 rings (SSSR count). The molecule has 3 nitrogen and oxygen atoms in total. The van der Waals surface area contributed by atoms with Crippen molar-refractivity contribution in [2.45, 2.75) is 38.4 Å². The summed E-state index contributed by atoms with van der Waals surface area (Å²) in [6.45, 7) is 4.28. The van der Waals surface area contributed by atoms with Gasteiger partial charge in [-0.25, -0.2) is 0 Å². The number of hydrogen-bond donors (Lipinski definition) is 2. The summed E-state index contributed by atoms with van der Waals surface area (Å²) in [6.07, 6.45) is 0.936. The number of nitrogens with zero attached hydrogens (tertiary/aromatic N) is 1. The molecule has 3 unspecified atom stereocenters. The summed E-state index contributed by atoms with van der Waals surface area (Å²) in [7, 11) is 2.03. The van der Waals surface area contributed by atoms with Gasteiger partial charge in [0.1, 0.15) is 0 Å². The normalized spacial score (nSPS) is 17.4. The van der Waals surface area contributed by atoms with Gasteiger partial charge in [0.2, 0.25) is 0 Å². The Balaban J connectivity index is 2.87. The summed E-state index contributed by atoms with van der Waals surface area (Å²) >= 11 is 1.73. The summed E-state index contributed by atoms with van der Waals surface area (Å²) in [5, 5.41) is 11.3. The lowest BCUT2D eigenvalue weighted by atomic mass is 10.0. The summed E-state index contributed by atoms with van der Waals surface area (Å²) in [6, 6.07) is 4.60. The SMILES string of the molecule is CCC(N)C(c1cccs1)N(C)C(C)CO. The van der Waals surface area contributed by atoms with E-state index in [4.69, 9.17) is 5.73 Å². The van der Waals surface area contributed by atoms with E-state index in [0.29, 0.717) is 0 Å². The molecule has 92 valence electrons. The van der Waals surface area contributed by atoms with E-state index >= 15 is 0 Å². The van der Waals surface area contributed by atoms with E-state index in [2.05, 4.69) is 23.3 Å². The molecule has 1 aromatic heterocycles. The fourth-order valence-corrected chi connectivity index (χ4v) is 2.75. The van der Waals surface area contributed by atoms with Crippen LogP contribution < -0.4 is 5.73 Å². The van der Waals surface area contributed by atoms with Crippen molar-refractivity contribution in [1.82, 2.24) is 4.90 Å². The van der Waals surface area contributed by atoms with Crippen LogP contribution in [0.3, 0.4) is 0 Å². The molecular formula is C12H22N2OS. The minimum atomic E-state index is 0.109. The molecule has 0 bridgehead atoms. The van der Waals surface area contributed by atoms with Gasteiger partial charge in [-0.1, -0.05) is 13.0 Å². The third-order valence-corrected chi connectivity index (χ3v) is 4.05. The Morgan fingerprint density at radius 3 is 2.69 bits per heavy atom. The zero-order valence-corrected chi connectivity index (χ0v) is 11.1. The maximum atomic E-state index is 9.23. The molecule has 0 aliphatic heterocycles. The van der Waals surface area contributed by atoms with Crippen LogP contribution >= 0.6 is 11.3 Å². The van der Waals surface area contributed by atoms with Gasteiger partial charge >= 0.3 is 0 Å². The maximum Gasteiger partial charge on any atom is 0.0593 e. The molecule has 0 saturated heterocycles. The Morgan fingerprint density at radius 2 is 2.25 bits per heavy atom. The van der Waals surface area contributed by atoms with Crippen LogP contribution in [-0.4, -0.2) is 35.7 Å². The molecule has 1 aromatic rings. The van der Waals surface area contributed by atoms with Crippen LogP contribution in [0, 0.1) is 0 Å². The van der Waals surface area contributed by atoms with Gasteiger partial charge in [0.25, 0.3) is 0 Å². The van der Waals surface area contributed by atoms with Crippen molar-refractivity contribution in [3.8, 4) is 0 Å². The van der Waals surface area contributed by atoms with E-state index in [1.807, 2.05) is 20.0 Å². The molecule has 0 aliphatic carbocycles. The first-order chi connectivity index (χ1) is 7.61. The first-order valence-electron chi connectivity index (χ1n) is 5.73. The van der Waals surface area contributed by atoms with Crippen LogP contribution in [-0.2, 0) is 0 Å². The van der Waals surface area contributed by atoms with Crippen LogP contribution in [0.1, 0.15) is 31.2 Å². The van der Waals surface area contributed by atoms with Gasteiger partial charge in [-0.2, -0.15) is 0 Å². The van der Waals surface area contributed by atoms with E-state index in [0.717, 1.165) is 6.42 Å². The predicted octanol–water partition coefficient (Wildman–Crippen LogP) is 1.84. The molecule has 3 N–H and O–H groups in total. The first-order valence-corrected chi connectivity index (χ1v) is 6.61. The second-order valence-electron chi connectivity index (χ2n) is 4.23. The van der Waals surface area contributed by atoms with Crippen molar-refractivity contribution in [2.75, 3.05) is 13.7 Å². The number of nitrogens with two attached hydrogens (primary N) is 1. The van der Waals surface area contributed by atoms with Gasteiger partial charge < -0.3 is 10.8 Å². The van der Waals surface area contributed by atoms with Gasteiger partial charge in [0, 0.05) is 17.0 Å². The zero-order valence-electron chi connectivity index (χ0n) is 10.3. The minimum absolute atomic E-state index is 0.109. The van der Waals surface area contributed by atoms with E-state index in [9.17, 15) is 5.11 Å². The average Bonchev–Trinajstić information content (AvgIpc) is 2.81. The smallest absolute Gasteiger partial charge is 0.0593 e. The molecule has 16 heavy (non-hydrogen) atoms. The van der Waals surface area contributed by atoms with Crippen LogP contribution in [0.2, 0.25) is 0 Å². The molecule has 0 spiro atoms. The lowest BCUT2D eigenvalue weighted by Crippen LogP contribution is -2.43. The third kappa shape index (κ3) is 3.04. The Labute approximate surface area is 102 Å². The first kappa shape index (κ1) is 13.6. The van der Waals surface area contributed by atoms with Gasteiger partial charge in [-0.15, -0.1) is 11.3 Å². The molecular weight excluding hydrogens is 220 g/mol. The lowest BCUT2D eigenvalue weighted by Gasteiger charge is -2.35. The third-order valence-electron chi connectivity index (χ3n) is 3.11. The van der Waals surface area contributed by atoms with Gasteiger partial charge in [-0.3, -0.25) is 4.90 Å². The summed E-state index contributed by atoms with van der Waals surface area (Å²) in [5.41, 5.74) is 6.19. The van der Waals surface area contributed by atoms with Gasteiger partial charge in [0.05, 0.1) is 12.6 Å². The monoisotopic (exact) mass is 242 g/mol. The van der Waals surface area contributed by atoms with E-state index in [1.165, 1.54) is 4.88 Å². The van der Waals surface area contributed by atoms with Crippen LogP contribution in [0.15, 0.2) is 17.5 Å². The number of likely N-dealkylation sites (N-methyl/N-ethyl adjacent to an activating group) is 1. The van der Waals surface area contributed by atoms with E-state index < -0.39 is 0 Å². The zero-order chi connectivity index (χ0) is 12.1. The number of aliphatic hydroxyl groups is 1. The summed E-state index contributed by atoms with van der Waals surface area (Å²) in [5.74, 6) is 0. The van der Waals surface area contributed by atoms with Crippen molar-refractivity contribution in [3.63, 3.8) is 0 Å². The van der Waals surface area contributed by atoms with E-state index in [-0.39, 0.29) is 24.7 Å². The fraction of sp³-hybridized carbons (Fsp3) is 0.667. The fourth-order valence-electron chi connectivity index (χ4n) is 1.80. The van der Waals surface area contributed by atoms with Crippen LogP contribution in [0.4, 0.5) is 0 Å². The molecule has 0 amide bonds. The summed E-state index contributed by atoms with van der Waals surface area (Å²) in [4.78, 5) is 3.44. The number of hydrogen-bond acceptors (Lipinski definition) is 4. The maximum absolute atomic E-state index is 9.23. The topological polar surface area (TPSA) is 49.5 Å². The van der Waals surface area contributed by atoms with Crippen LogP contribution in [0.25, 0.3) is 0 Å². The van der Waals surface area contributed by atoms with Gasteiger partial charge in [0.15, 0.2) is 0 Å². The number of rotatable bonds is 6. The standard InChI is InChI=1S/C12H22N2OS/c1-4-10(13)12(11-6-5-7-16-11)14(3)9(2)8-15/h5-7,9-10,12,15H,4,8,13H2,1-3H3. The highest BCUT2D eigenvalue weighted by atomic mass is 32.1. The van der Waals surface area contributed by atoms with Gasteiger partial charge in [-0.05, 0) is 31.8 Å². The Kier molecular flexibility index (Phi) is 5.41. The second-order valence-corrected chi connectivity index (χ2v) is 5.21. The highest BCUT2D eigenvalue weighted by molar-refractivity contribution is 7.10. The molecule has 0 radical (unpaired) electrons. The predicted molar refractivity (Wildman–Crippen MR) is 69.6 cm³/mol. The Hall–Kier alpha value is -0.420. The molecule has 0 aromatic carbocycles. The number of aliphatic hydroxyl groups excluding tert-OH is 1. The van der Waals surface area contributed by atoms with Crippen LogP contribution in [0.5, 0.6) is 0 Å². The van der Waals surface area contributed by atoms with Crippen molar-refractivity contribution >= 4 is 11.3 Å². The Morgan fingerprint density at radius 1 is 1.56 bits per heavy atom. The largest absolute Gasteiger partial charge is 0.395 e. The van der Waals surface area contributed by atoms with E-state index in [1.54, 1.807) is 11.3 Å². The van der Waals surface area contributed by atoms with Crippen molar-refractivity contribution in [3.05, 3.63) is 22.4 Å². The average molecular weight is 242 g/mol. The van der Waals surface area contributed by atoms with Crippen molar-refractivity contribution in [2.24, 2.45) is 5.73 Å². The molecule has 0 fully saturated rings. The number of thiophene rings is 1. The molecule has 0 aliphatic rings. The molecule has 3 atom stereocenters. The lowest BCUT2D eigenvalue weighted by molar-refractivity contribution is 0.107. The molecule has 4 heteroatoms. The van der Waals surface area contributed by atoms with Crippen molar-refractivity contribution < 1.29 is 5.11 Å². The Bertz CT molecular complexity index is 289. The molecule has 1 heterocycles. The van der Waals surface area contributed by atoms with Crippen molar-refractivity contribution in [1.29, 1.82) is 0 Å².